The Labute approximate surface area is 126 Å². The summed E-state index contributed by atoms with van der Waals surface area (Å²) in [6, 6.07) is 15.7. The standard InChI is InChI=1S/C17H11N3O2/c18-10-11-4-5-15-14(8-11)16(6-7-19-15)20-13-3-1-2-12(9-13)17(21)22/h1-9H,(H,19,20)(H,21,22). The zero-order valence-corrected chi connectivity index (χ0v) is 11.4. The van der Waals surface area contributed by atoms with E-state index in [4.69, 9.17) is 10.4 Å². The van der Waals surface area contributed by atoms with Crippen LogP contribution in [-0.2, 0) is 0 Å². The zero-order chi connectivity index (χ0) is 15.5. The number of rotatable bonds is 3. The largest absolute Gasteiger partial charge is 0.478 e. The highest BCUT2D eigenvalue weighted by atomic mass is 16.4. The summed E-state index contributed by atoms with van der Waals surface area (Å²) >= 11 is 0. The van der Waals surface area contributed by atoms with E-state index in [1.807, 2.05) is 0 Å². The molecule has 2 N–H and O–H groups in total. The quantitative estimate of drug-likeness (QED) is 0.770. The zero-order valence-electron chi connectivity index (χ0n) is 11.4. The van der Waals surface area contributed by atoms with Crippen LogP contribution < -0.4 is 5.32 Å². The number of nitrogens with zero attached hydrogens (tertiary/aromatic N) is 2. The van der Waals surface area contributed by atoms with Crippen molar-refractivity contribution in [3.05, 3.63) is 65.9 Å². The summed E-state index contributed by atoms with van der Waals surface area (Å²) in [5, 5.41) is 22.0. The summed E-state index contributed by atoms with van der Waals surface area (Å²) in [7, 11) is 0. The molecule has 0 spiro atoms. The van der Waals surface area contributed by atoms with Gasteiger partial charge in [-0.05, 0) is 42.5 Å². The second kappa shape index (κ2) is 5.54. The second-order valence-corrected chi connectivity index (χ2v) is 4.71. The van der Waals surface area contributed by atoms with Gasteiger partial charge in [0.25, 0.3) is 0 Å². The van der Waals surface area contributed by atoms with Crippen LogP contribution in [0.25, 0.3) is 10.9 Å². The number of nitrogens with one attached hydrogen (secondary N) is 1. The van der Waals surface area contributed by atoms with E-state index in [1.165, 1.54) is 6.07 Å². The Morgan fingerprint density at radius 3 is 2.82 bits per heavy atom. The fraction of sp³-hybridized carbons (Fsp3) is 0. The van der Waals surface area contributed by atoms with E-state index in [2.05, 4.69) is 16.4 Å². The first kappa shape index (κ1) is 13.6. The van der Waals surface area contributed by atoms with Crippen LogP contribution in [0.2, 0.25) is 0 Å². The molecule has 0 radical (unpaired) electrons. The number of fused-ring (bicyclic) bond motifs is 1. The molecule has 0 bridgehead atoms. The Morgan fingerprint density at radius 2 is 2.05 bits per heavy atom. The smallest absolute Gasteiger partial charge is 0.335 e. The van der Waals surface area contributed by atoms with Crippen LogP contribution in [0.5, 0.6) is 0 Å². The summed E-state index contributed by atoms with van der Waals surface area (Å²) in [6.07, 6.45) is 1.66. The third kappa shape index (κ3) is 2.58. The van der Waals surface area contributed by atoms with Gasteiger partial charge in [-0.2, -0.15) is 5.26 Å². The van der Waals surface area contributed by atoms with Gasteiger partial charge in [0, 0.05) is 23.0 Å². The maximum Gasteiger partial charge on any atom is 0.335 e. The van der Waals surface area contributed by atoms with Crippen LogP contribution in [0, 0.1) is 11.3 Å². The minimum absolute atomic E-state index is 0.209. The van der Waals surface area contributed by atoms with Crippen molar-refractivity contribution in [3.63, 3.8) is 0 Å². The summed E-state index contributed by atoms with van der Waals surface area (Å²) in [4.78, 5) is 15.3. The molecule has 1 aromatic heterocycles. The van der Waals surface area contributed by atoms with Crippen molar-refractivity contribution in [2.75, 3.05) is 5.32 Å². The molecule has 2 aromatic carbocycles. The summed E-state index contributed by atoms with van der Waals surface area (Å²) in [6.45, 7) is 0. The summed E-state index contributed by atoms with van der Waals surface area (Å²) < 4.78 is 0. The maximum absolute atomic E-state index is 11.0. The van der Waals surface area contributed by atoms with E-state index in [1.54, 1.807) is 48.7 Å². The molecule has 0 aliphatic rings. The first-order valence-corrected chi connectivity index (χ1v) is 6.56. The molecule has 3 rings (SSSR count). The van der Waals surface area contributed by atoms with E-state index in [0.717, 1.165) is 16.6 Å². The molecule has 1 heterocycles. The summed E-state index contributed by atoms with van der Waals surface area (Å²) in [5.41, 5.74) is 2.95. The molecule has 3 aromatic rings. The van der Waals surface area contributed by atoms with Gasteiger partial charge in [0.2, 0.25) is 0 Å². The van der Waals surface area contributed by atoms with Gasteiger partial charge in [-0.1, -0.05) is 6.07 Å². The molecule has 0 saturated heterocycles. The van der Waals surface area contributed by atoms with Crippen LogP contribution in [-0.4, -0.2) is 16.1 Å². The number of hydrogen-bond acceptors (Lipinski definition) is 4. The molecule has 0 amide bonds. The van der Waals surface area contributed by atoms with Gasteiger partial charge in [0.15, 0.2) is 0 Å². The van der Waals surface area contributed by atoms with Crippen molar-refractivity contribution in [2.24, 2.45) is 0 Å². The minimum atomic E-state index is -0.977. The van der Waals surface area contributed by atoms with Crippen molar-refractivity contribution in [1.82, 2.24) is 4.98 Å². The lowest BCUT2D eigenvalue weighted by Gasteiger charge is -2.10. The van der Waals surface area contributed by atoms with Crippen molar-refractivity contribution in [2.45, 2.75) is 0 Å². The lowest BCUT2D eigenvalue weighted by atomic mass is 10.1. The molecule has 106 valence electrons. The average Bonchev–Trinajstić information content (AvgIpc) is 2.55. The normalized spacial score (nSPS) is 10.1. The molecular weight excluding hydrogens is 278 g/mol. The summed E-state index contributed by atoms with van der Waals surface area (Å²) in [5.74, 6) is -0.977. The minimum Gasteiger partial charge on any atom is -0.478 e. The van der Waals surface area contributed by atoms with Crippen LogP contribution in [0.3, 0.4) is 0 Å². The molecule has 0 saturated carbocycles. The van der Waals surface area contributed by atoms with E-state index in [9.17, 15) is 4.79 Å². The number of pyridine rings is 1. The van der Waals surface area contributed by atoms with Crippen molar-refractivity contribution >= 4 is 28.2 Å². The van der Waals surface area contributed by atoms with E-state index in [0.29, 0.717) is 11.3 Å². The lowest BCUT2D eigenvalue weighted by molar-refractivity contribution is 0.0697. The molecule has 5 nitrogen and oxygen atoms in total. The lowest BCUT2D eigenvalue weighted by Crippen LogP contribution is -1.98. The Kier molecular flexibility index (Phi) is 3.42. The van der Waals surface area contributed by atoms with Gasteiger partial charge < -0.3 is 10.4 Å². The number of aromatic nitrogens is 1. The number of carbonyl (C=O) groups is 1. The van der Waals surface area contributed by atoms with Crippen LogP contribution >= 0.6 is 0 Å². The topological polar surface area (TPSA) is 86.0 Å². The maximum atomic E-state index is 11.0. The number of anilines is 2. The Balaban J connectivity index is 2.05. The molecule has 0 aliphatic carbocycles. The Morgan fingerprint density at radius 1 is 1.18 bits per heavy atom. The van der Waals surface area contributed by atoms with E-state index >= 15 is 0 Å². The highest BCUT2D eigenvalue weighted by Gasteiger charge is 2.06. The predicted molar refractivity (Wildman–Crippen MR) is 83.1 cm³/mol. The van der Waals surface area contributed by atoms with Crippen LogP contribution in [0.1, 0.15) is 15.9 Å². The third-order valence-electron chi connectivity index (χ3n) is 3.26. The van der Waals surface area contributed by atoms with Gasteiger partial charge in [-0.25, -0.2) is 4.79 Å². The number of nitriles is 1. The number of hydrogen-bond donors (Lipinski definition) is 2. The third-order valence-corrected chi connectivity index (χ3v) is 3.26. The first-order valence-electron chi connectivity index (χ1n) is 6.56. The number of carboxylic acids is 1. The average molecular weight is 289 g/mol. The fourth-order valence-electron chi connectivity index (χ4n) is 2.21. The van der Waals surface area contributed by atoms with Gasteiger partial charge in [0.05, 0.1) is 22.7 Å². The fourth-order valence-corrected chi connectivity index (χ4v) is 2.21. The molecule has 5 heteroatoms. The van der Waals surface area contributed by atoms with Crippen LogP contribution in [0.15, 0.2) is 54.7 Å². The highest BCUT2D eigenvalue weighted by molar-refractivity contribution is 5.94. The monoisotopic (exact) mass is 289 g/mol. The Hall–Kier alpha value is -3.39. The first-order chi connectivity index (χ1) is 10.7. The Bertz CT molecular complexity index is 913. The van der Waals surface area contributed by atoms with Crippen molar-refractivity contribution in [3.8, 4) is 6.07 Å². The van der Waals surface area contributed by atoms with Crippen LogP contribution in [0.4, 0.5) is 11.4 Å². The molecule has 22 heavy (non-hydrogen) atoms. The highest BCUT2D eigenvalue weighted by Crippen LogP contribution is 2.26. The molecular formula is C17H11N3O2. The molecule has 0 fully saturated rings. The number of benzene rings is 2. The number of aromatic carboxylic acids is 1. The van der Waals surface area contributed by atoms with E-state index in [-0.39, 0.29) is 5.56 Å². The molecule has 0 aliphatic heterocycles. The van der Waals surface area contributed by atoms with Crippen molar-refractivity contribution in [1.29, 1.82) is 5.26 Å². The van der Waals surface area contributed by atoms with Gasteiger partial charge in [-0.3, -0.25) is 4.98 Å². The van der Waals surface area contributed by atoms with Gasteiger partial charge in [0.1, 0.15) is 0 Å². The van der Waals surface area contributed by atoms with Gasteiger partial charge >= 0.3 is 5.97 Å². The number of carboxylic acid groups (broad SMARTS) is 1. The predicted octanol–water partition coefficient (Wildman–Crippen LogP) is 3.55. The second-order valence-electron chi connectivity index (χ2n) is 4.71. The van der Waals surface area contributed by atoms with Crippen molar-refractivity contribution < 1.29 is 9.90 Å². The molecule has 0 atom stereocenters. The SMILES string of the molecule is N#Cc1ccc2nccc(Nc3cccc(C(=O)O)c3)c2c1. The van der Waals surface area contributed by atoms with E-state index < -0.39 is 5.97 Å². The molecule has 0 unspecified atom stereocenters. The van der Waals surface area contributed by atoms with Gasteiger partial charge in [-0.15, -0.1) is 0 Å².